The van der Waals surface area contributed by atoms with E-state index in [1.165, 1.54) is 109 Å². The van der Waals surface area contributed by atoms with Crippen LogP contribution >= 0.6 is 0 Å². The Bertz CT molecular complexity index is 682. The van der Waals surface area contributed by atoms with E-state index < -0.39 is 12.1 Å². The SMILES string of the molecule is CCC/C=C/C(O)C(CO)NC(=O)CCCCCCCCCCCCCC/C=C\C/C=C\C/C=C\CCCCCCC. The van der Waals surface area contributed by atoms with Crippen LogP contribution < -0.4 is 5.32 Å². The molecule has 2 unspecified atom stereocenters. The molecule has 4 nitrogen and oxygen atoms in total. The van der Waals surface area contributed by atoms with Crippen molar-refractivity contribution in [3.05, 3.63) is 48.6 Å². The molecule has 2 atom stereocenters. The zero-order valence-corrected chi connectivity index (χ0v) is 27.8. The molecule has 0 saturated carbocycles. The maximum Gasteiger partial charge on any atom is 0.220 e. The van der Waals surface area contributed by atoms with Gasteiger partial charge in [0.2, 0.25) is 5.91 Å². The minimum atomic E-state index is -0.836. The van der Waals surface area contributed by atoms with Gasteiger partial charge in [-0.1, -0.05) is 159 Å². The average molecular weight is 588 g/mol. The monoisotopic (exact) mass is 588 g/mol. The molecule has 0 aromatic carbocycles. The fourth-order valence-corrected chi connectivity index (χ4v) is 5.01. The second kappa shape index (κ2) is 33.8. The number of nitrogens with one attached hydrogen (secondary N) is 1. The van der Waals surface area contributed by atoms with Gasteiger partial charge < -0.3 is 15.5 Å². The van der Waals surface area contributed by atoms with Crippen LogP contribution in [0, 0.1) is 0 Å². The summed E-state index contributed by atoms with van der Waals surface area (Å²) in [6, 6.07) is -0.618. The number of carbonyl (C=O) groups excluding carboxylic acids is 1. The number of rotatable bonds is 31. The molecule has 4 heteroatoms. The molecule has 244 valence electrons. The lowest BCUT2D eigenvalue weighted by atomic mass is 10.0. The van der Waals surface area contributed by atoms with Crippen LogP contribution in [0.15, 0.2) is 48.6 Å². The summed E-state index contributed by atoms with van der Waals surface area (Å²) < 4.78 is 0. The van der Waals surface area contributed by atoms with Crippen LogP contribution in [-0.2, 0) is 4.79 Å². The Balaban J connectivity index is 3.44. The van der Waals surface area contributed by atoms with Gasteiger partial charge in [-0.25, -0.2) is 0 Å². The van der Waals surface area contributed by atoms with Crippen LogP contribution in [0.2, 0.25) is 0 Å². The van der Waals surface area contributed by atoms with E-state index in [9.17, 15) is 15.0 Å². The Morgan fingerprint density at radius 3 is 1.50 bits per heavy atom. The van der Waals surface area contributed by atoms with Crippen LogP contribution in [-0.4, -0.2) is 34.9 Å². The van der Waals surface area contributed by atoms with E-state index in [1.54, 1.807) is 6.08 Å². The van der Waals surface area contributed by atoms with E-state index in [-0.39, 0.29) is 12.5 Å². The zero-order chi connectivity index (χ0) is 30.8. The Morgan fingerprint density at radius 1 is 0.571 bits per heavy atom. The normalized spacial score (nSPS) is 13.7. The summed E-state index contributed by atoms with van der Waals surface area (Å²) in [6.45, 7) is 4.09. The van der Waals surface area contributed by atoms with E-state index in [2.05, 4.69) is 55.6 Å². The molecule has 0 saturated heterocycles. The van der Waals surface area contributed by atoms with Gasteiger partial charge in [0.05, 0.1) is 18.8 Å². The second-order valence-electron chi connectivity index (χ2n) is 11.9. The molecule has 0 aromatic heterocycles. The maximum absolute atomic E-state index is 12.1. The number of unbranched alkanes of at least 4 members (excludes halogenated alkanes) is 18. The van der Waals surface area contributed by atoms with Crippen molar-refractivity contribution in [1.29, 1.82) is 0 Å². The zero-order valence-electron chi connectivity index (χ0n) is 27.8. The van der Waals surface area contributed by atoms with Crippen molar-refractivity contribution in [3.8, 4) is 0 Å². The third-order valence-corrected chi connectivity index (χ3v) is 7.79. The van der Waals surface area contributed by atoms with Crippen LogP contribution in [0.1, 0.15) is 168 Å². The van der Waals surface area contributed by atoms with Gasteiger partial charge in [0.15, 0.2) is 0 Å². The molecule has 0 heterocycles. The topological polar surface area (TPSA) is 69.6 Å². The minimum absolute atomic E-state index is 0.0809. The molecule has 42 heavy (non-hydrogen) atoms. The van der Waals surface area contributed by atoms with Crippen molar-refractivity contribution in [1.82, 2.24) is 5.32 Å². The molecule has 0 radical (unpaired) electrons. The summed E-state index contributed by atoms with van der Waals surface area (Å²) in [5, 5.41) is 22.3. The third kappa shape index (κ3) is 29.8. The first-order chi connectivity index (χ1) is 20.7. The Morgan fingerprint density at radius 2 is 1.02 bits per heavy atom. The van der Waals surface area contributed by atoms with Crippen LogP contribution in [0.4, 0.5) is 0 Å². The lowest BCUT2D eigenvalue weighted by Crippen LogP contribution is -2.45. The second-order valence-corrected chi connectivity index (χ2v) is 11.9. The van der Waals surface area contributed by atoms with Gasteiger partial charge in [-0.15, -0.1) is 0 Å². The summed E-state index contributed by atoms with van der Waals surface area (Å²) in [5.41, 5.74) is 0. The molecule has 0 rings (SSSR count). The van der Waals surface area contributed by atoms with Crippen molar-refractivity contribution < 1.29 is 15.0 Å². The predicted molar refractivity (Wildman–Crippen MR) is 184 cm³/mol. The molecule has 3 N–H and O–H groups in total. The van der Waals surface area contributed by atoms with Gasteiger partial charge in [0, 0.05) is 6.42 Å². The van der Waals surface area contributed by atoms with Crippen molar-refractivity contribution in [3.63, 3.8) is 0 Å². The van der Waals surface area contributed by atoms with Gasteiger partial charge in [0.25, 0.3) is 0 Å². The summed E-state index contributed by atoms with van der Waals surface area (Å²) in [5.74, 6) is -0.0809. The van der Waals surface area contributed by atoms with Gasteiger partial charge in [0.1, 0.15) is 0 Å². The minimum Gasteiger partial charge on any atom is -0.394 e. The molecule has 1 amide bonds. The lowest BCUT2D eigenvalue weighted by Gasteiger charge is -2.19. The first-order valence-corrected chi connectivity index (χ1v) is 17.9. The standard InChI is InChI=1S/C38H69NO3/c1-3-5-7-8-9-10-11-12-13-14-15-16-17-18-19-20-21-22-23-24-25-26-27-28-29-30-32-34-38(42)39-36(35-40)37(41)33-31-6-4-2/h11-12,14-15,17-18,31,33,36-37,40-41H,3-10,13,16,19-30,32,34-35H2,1-2H3,(H,39,42)/b12-11-,15-14-,18-17-,33-31+. The van der Waals surface area contributed by atoms with Gasteiger partial charge in [-0.05, 0) is 51.4 Å². The van der Waals surface area contributed by atoms with Crippen molar-refractivity contribution >= 4 is 5.91 Å². The Labute approximate surface area is 261 Å². The number of hydrogen-bond acceptors (Lipinski definition) is 3. The van der Waals surface area contributed by atoms with E-state index in [0.29, 0.717) is 6.42 Å². The average Bonchev–Trinajstić information content (AvgIpc) is 2.99. The van der Waals surface area contributed by atoms with Crippen LogP contribution in [0.25, 0.3) is 0 Å². The number of allylic oxidation sites excluding steroid dienone is 7. The highest BCUT2D eigenvalue weighted by atomic mass is 16.3. The molecule has 0 fully saturated rings. The first-order valence-electron chi connectivity index (χ1n) is 17.9. The van der Waals surface area contributed by atoms with Gasteiger partial charge in [-0.3, -0.25) is 4.79 Å². The first kappa shape index (κ1) is 40.4. The van der Waals surface area contributed by atoms with Crippen LogP contribution in [0.3, 0.4) is 0 Å². The molecule has 0 aliphatic heterocycles. The fourth-order valence-electron chi connectivity index (χ4n) is 5.01. The number of hydrogen-bond donors (Lipinski definition) is 3. The van der Waals surface area contributed by atoms with Crippen molar-refractivity contribution in [2.75, 3.05) is 6.61 Å². The highest BCUT2D eigenvalue weighted by molar-refractivity contribution is 5.76. The molecular weight excluding hydrogens is 518 g/mol. The predicted octanol–water partition coefficient (Wildman–Crippen LogP) is 10.5. The van der Waals surface area contributed by atoms with E-state index >= 15 is 0 Å². The lowest BCUT2D eigenvalue weighted by molar-refractivity contribution is -0.123. The molecule has 0 aliphatic carbocycles. The Hall–Kier alpha value is -1.65. The summed E-state index contributed by atoms with van der Waals surface area (Å²) >= 11 is 0. The highest BCUT2D eigenvalue weighted by Crippen LogP contribution is 2.13. The highest BCUT2D eigenvalue weighted by Gasteiger charge is 2.17. The smallest absolute Gasteiger partial charge is 0.220 e. The summed E-state index contributed by atoms with van der Waals surface area (Å²) in [6.07, 6.45) is 45.5. The van der Waals surface area contributed by atoms with Gasteiger partial charge >= 0.3 is 0 Å². The molecule has 0 aromatic rings. The molecule has 0 bridgehead atoms. The maximum atomic E-state index is 12.1. The van der Waals surface area contributed by atoms with Crippen molar-refractivity contribution in [2.45, 2.75) is 180 Å². The number of carbonyl (C=O) groups is 1. The summed E-state index contributed by atoms with van der Waals surface area (Å²) in [4.78, 5) is 12.1. The van der Waals surface area contributed by atoms with E-state index in [0.717, 1.165) is 38.5 Å². The Kier molecular flexibility index (Phi) is 32.5. The molecule has 0 aliphatic rings. The fraction of sp³-hybridized carbons (Fsp3) is 0.763. The largest absolute Gasteiger partial charge is 0.394 e. The van der Waals surface area contributed by atoms with E-state index in [1.807, 2.05) is 6.08 Å². The third-order valence-electron chi connectivity index (χ3n) is 7.79. The number of aliphatic hydroxyl groups is 2. The van der Waals surface area contributed by atoms with E-state index in [4.69, 9.17) is 0 Å². The molecular formula is C38H69NO3. The quantitative estimate of drug-likeness (QED) is 0.0558. The van der Waals surface area contributed by atoms with Crippen LogP contribution in [0.5, 0.6) is 0 Å². The van der Waals surface area contributed by atoms with Gasteiger partial charge in [-0.2, -0.15) is 0 Å². The summed E-state index contributed by atoms with van der Waals surface area (Å²) in [7, 11) is 0. The number of aliphatic hydroxyl groups excluding tert-OH is 2. The molecule has 0 spiro atoms. The number of amides is 1. The van der Waals surface area contributed by atoms with Crippen molar-refractivity contribution in [2.24, 2.45) is 0 Å².